The molecule has 1 aliphatic rings. The van der Waals surface area contributed by atoms with E-state index in [1.165, 1.54) is 6.42 Å². The molecule has 24 heavy (non-hydrogen) atoms. The number of likely N-dealkylation sites (tertiary alicyclic amines) is 1. The monoisotopic (exact) mass is 325 g/mol. The van der Waals surface area contributed by atoms with Crippen LogP contribution in [-0.4, -0.2) is 45.1 Å². The molecular formula is C19H23N3O2. The third kappa shape index (κ3) is 3.79. The van der Waals surface area contributed by atoms with Crippen LogP contribution in [0.25, 0.3) is 11.3 Å². The van der Waals surface area contributed by atoms with Crippen LogP contribution >= 0.6 is 0 Å². The minimum atomic E-state index is -0.925. The molecule has 0 spiro atoms. The summed E-state index contributed by atoms with van der Waals surface area (Å²) < 4.78 is 0. The number of carboxylic acids is 1. The van der Waals surface area contributed by atoms with Gasteiger partial charge in [-0.25, -0.2) is 14.8 Å². The zero-order valence-corrected chi connectivity index (χ0v) is 14.1. The second-order valence-corrected chi connectivity index (χ2v) is 6.73. The molecule has 0 radical (unpaired) electrons. The van der Waals surface area contributed by atoms with Crippen molar-refractivity contribution in [2.24, 2.45) is 5.92 Å². The molecule has 0 bridgehead atoms. The van der Waals surface area contributed by atoms with Gasteiger partial charge in [0.15, 0.2) is 0 Å². The zero-order chi connectivity index (χ0) is 17.1. The molecule has 0 aliphatic carbocycles. The number of nitrogens with zero attached hydrogens (tertiary/aromatic N) is 3. The fourth-order valence-electron chi connectivity index (χ4n) is 3.27. The number of aromatic carboxylic acids is 1. The summed E-state index contributed by atoms with van der Waals surface area (Å²) in [5, 5.41) is 9.13. The van der Waals surface area contributed by atoms with Crippen molar-refractivity contribution in [3.63, 3.8) is 0 Å². The maximum absolute atomic E-state index is 11.1. The van der Waals surface area contributed by atoms with E-state index in [0.29, 0.717) is 12.0 Å². The first kappa shape index (κ1) is 16.6. The van der Waals surface area contributed by atoms with Crippen molar-refractivity contribution in [2.45, 2.75) is 32.7 Å². The van der Waals surface area contributed by atoms with Crippen LogP contribution in [0, 0.1) is 5.92 Å². The Kier molecular flexibility index (Phi) is 4.90. The number of rotatable bonds is 5. The molecule has 2 heterocycles. The van der Waals surface area contributed by atoms with Gasteiger partial charge < -0.3 is 10.0 Å². The van der Waals surface area contributed by atoms with Crippen molar-refractivity contribution in [1.29, 1.82) is 0 Å². The van der Waals surface area contributed by atoms with Crippen molar-refractivity contribution in [2.75, 3.05) is 13.1 Å². The number of carbonyl (C=O) groups is 1. The first-order valence-corrected chi connectivity index (χ1v) is 8.41. The molecule has 1 aromatic carbocycles. The third-order valence-electron chi connectivity index (χ3n) is 4.67. The van der Waals surface area contributed by atoms with E-state index in [0.717, 1.165) is 36.5 Å². The summed E-state index contributed by atoms with van der Waals surface area (Å²) in [6, 6.07) is 9.46. The van der Waals surface area contributed by atoms with E-state index in [-0.39, 0.29) is 5.56 Å². The van der Waals surface area contributed by atoms with Crippen molar-refractivity contribution in [3.05, 3.63) is 47.9 Å². The number of carboxylic acid groups (broad SMARTS) is 1. The maximum atomic E-state index is 11.1. The average Bonchev–Trinajstić information content (AvgIpc) is 3.04. The molecular weight excluding hydrogens is 302 g/mol. The molecule has 1 saturated heterocycles. The molecule has 0 saturated carbocycles. The topological polar surface area (TPSA) is 66.3 Å². The Hall–Kier alpha value is -2.27. The fourth-order valence-corrected chi connectivity index (χ4v) is 3.27. The number of hydrogen-bond donors (Lipinski definition) is 1. The van der Waals surface area contributed by atoms with Gasteiger partial charge in [0.05, 0.1) is 11.3 Å². The maximum Gasteiger partial charge on any atom is 0.335 e. The zero-order valence-electron chi connectivity index (χ0n) is 14.1. The predicted octanol–water partition coefficient (Wildman–Crippen LogP) is 3.11. The first-order chi connectivity index (χ1) is 11.5. The van der Waals surface area contributed by atoms with E-state index in [1.54, 1.807) is 24.5 Å². The average molecular weight is 325 g/mol. The smallest absolute Gasteiger partial charge is 0.335 e. The molecule has 0 amide bonds. The van der Waals surface area contributed by atoms with Crippen LogP contribution in [0.15, 0.2) is 36.7 Å². The molecule has 2 aromatic rings. The highest BCUT2D eigenvalue weighted by Gasteiger charge is 2.24. The molecule has 5 nitrogen and oxygen atoms in total. The normalized spacial score (nSPS) is 18.2. The van der Waals surface area contributed by atoms with Crippen LogP contribution in [0.2, 0.25) is 0 Å². The van der Waals surface area contributed by atoms with Crippen LogP contribution in [0.1, 0.15) is 36.3 Å². The van der Waals surface area contributed by atoms with Gasteiger partial charge in [-0.1, -0.05) is 12.1 Å². The molecule has 0 unspecified atom stereocenters. The van der Waals surface area contributed by atoms with Crippen molar-refractivity contribution in [3.8, 4) is 11.3 Å². The first-order valence-electron chi connectivity index (χ1n) is 8.41. The van der Waals surface area contributed by atoms with Gasteiger partial charge in [0.25, 0.3) is 0 Å². The van der Waals surface area contributed by atoms with Gasteiger partial charge in [0.2, 0.25) is 0 Å². The lowest BCUT2D eigenvalue weighted by molar-refractivity contribution is 0.0697. The second kappa shape index (κ2) is 7.09. The molecule has 1 atom stereocenters. The molecule has 1 N–H and O–H groups in total. The number of aromatic nitrogens is 2. The number of benzene rings is 1. The van der Waals surface area contributed by atoms with E-state index in [2.05, 4.69) is 28.7 Å². The highest BCUT2D eigenvalue weighted by molar-refractivity contribution is 5.89. The SMILES string of the molecule is CC(C)N1CC[C@H](Cc2cc(-c3cccc(C(=O)O)c3)ncn2)C1. The highest BCUT2D eigenvalue weighted by Crippen LogP contribution is 2.24. The van der Waals surface area contributed by atoms with Gasteiger partial charge in [0.1, 0.15) is 6.33 Å². The minimum Gasteiger partial charge on any atom is -0.478 e. The Labute approximate surface area is 142 Å². The van der Waals surface area contributed by atoms with Gasteiger partial charge in [0, 0.05) is 23.8 Å². The fraction of sp³-hybridized carbons (Fsp3) is 0.421. The van der Waals surface area contributed by atoms with E-state index in [1.807, 2.05) is 12.1 Å². The summed E-state index contributed by atoms with van der Waals surface area (Å²) >= 11 is 0. The van der Waals surface area contributed by atoms with Gasteiger partial charge in [-0.2, -0.15) is 0 Å². The molecule has 3 rings (SSSR count). The van der Waals surface area contributed by atoms with E-state index >= 15 is 0 Å². The van der Waals surface area contributed by atoms with Crippen molar-refractivity contribution >= 4 is 5.97 Å². The largest absolute Gasteiger partial charge is 0.478 e. The summed E-state index contributed by atoms with van der Waals surface area (Å²) in [5.74, 6) is -0.300. The van der Waals surface area contributed by atoms with Crippen molar-refractivity contribution < 1.29 is 9.90 Å². The molecule has 1 aromatic heterocycles. The van der Waals surface area contributed by atoms with Crippen LogP contribution in [0.3, 0.4) is 0 Å². The van der Waals surface area contributed by atoms with E-state index in [9.17, 15) is 4.79 Å². The summed E-state index contributed by atoms with van der Waals surface area (Å²) in [4.78, 5) is 22.4. The number of hydrogen-bond acceptors (Lipinski definition) is 4. The Morgan fingerprint density at radius 2 is 2.17 bits per heavy atom. The van der Waals surface area contributed by atoms with E-state index in [4.69, 9.17) is 5.11 Å². The molecule has 1 fully saturated rings. The lowest BCUT2D eigenvalue weighted by atomic mass is 10.0. The van der Waals surface area contributed by atoms with Gasteiger partial charge in [-0.05, 0) is 57.4 Å². The lowest BCUT2D eigenvalue weighted by Crippen LogP contribution is -2.28. The Morgan fingerprint density at radius 1 is 1.33 bits per heavy atom. The predicted molar refractivity (Wildman–Crippen MR) is 92.9 cm³/mol. The van der Waals surface area contributed by atoms with Crippen LogP contribution in [-0.2, 0) is 6.42 Å². The van der Waals surface area contributed by atoms with E-state index < -0.39 is 5.97 Å². The van der Waals surface area contributed by atoms with Gasteiger partial charge >= 0.3 is 5.97 Å². The second-order valence-electron chi connectivity index (χ2n) is 6.73. The van der Waals surface area contributed by atoms with Crippen LogP contribution in [0.4, 0.5) is 0 Å². The molecule has 5 heteroatoms. The third-order valence-corrected chi connectivity index (χ3v) is 4.67. The van der Waals surface area contributed by atoms with Crippen LogP contribution in [0.5, 0.6) is 0 Å². The van der Waals surface area contributed by atoms with Gasteiger partial charge in [-0.3, -0.25) is 0 Å². The van der Waals surface area contributed by atoms with Crippen molar-refractivity contribution in [1.82, 2.24) is 14.9 Å². The summed E-state index contributed by atoms with van der Waals surface area (Å²) in [5.41, 5.74) is 2.89. The Balaban J connectivity index is 1.75. The Morgan fingerprint density at radius 3 is 2.88 bits per heavy atom. The lowest BCUT2D eigenvalue weighted by Gasteiger charge is -2.20. The summed E-state index contributed by atoms with van der Waals surface area (Å²) in [7, 11) is 0. The molecule has 1 aliphatic heterocycles. The molecule has 126 valence electrons. The Bertz CT molecular complexity index is 730. The van der Waals surface area contributed by atoms with Crippen LogP contribution < -0.4 is 0 Å². The quantitative estimate of drug-likeness (QED) is 0.915. The van der Waals surface area contributed by atoms with Gasteiger partial charge in [-0.15, -0.1) is 0 Å². The standard InChI is InChI=1S/C19H23N3O2/c1-13(2)22-7-6-14(11-22)8-17-10-18(21-12-20-17)15-4-3-5-16(9-15)19(23)24/h3-5,9-10,12-14H,6-8,11H2,1-2H3,(H,23,24)/t14-/m1/s1. The highest BCUT2D eigenvalue weighted by atomic mass is 16.4. The minimum absolute atomic E-state index is 0.274. The summed E-state index contributed by atoms with van der Waals surface area (Å²) in [6.07, 6.45) is 3.72. The summed E-state index contributed by atoms with van der Waals surface area (Å²) in [6.45, 7) is 6.74.